The molecule has 0 unspecified atom stereocenters. The Morgan fingerprint density at radius 3 is 1.92 bits per heavy atom. The average Bonchev–Trinajstić information content (AvgIpc) is 2.80. The summed E-state index contributed by atoms with van der Waals surface area (Å²) in [4.78, 5) is 35.9. The number of hydrazine groups is 1. The number of nitrogens with zero attached hydrogens (tertiary/aromatic N) is 1. The minimum absolute atomic E-state index is 0.185. The van der Waals surface area contributed by atoms with Gasteiger partial charge < -0.3 is 5.32 Å². The summed E-state index contributed by atoms with van der Waals surface area (Å²) in [7, 11) is -4.34. The third-order valence-electron chi connectivity index (χ3n) is 3.42. The lowest BCUT2D eigenvalue weighted by atomic mass is 10.1. The highest BCUT2D eigenvalue weighted by Gasteiger charge is 2.36. The predicted molar refractivity (Wildman–Crippen MR) is 85.4 cm³/mol. The summed E-state index contributed by atoms with van der Waals surface area (Å²) < 4.78 is 30.8. The Hall–Kier alpha value is -3.24. The first-order valence-corrected chi connectivity index (χ1v) is 8.34. The van der Waals surface area contributed by atoms with Gasteiger partial charge in [-0.2, -0.15) is 13.4 Å². The van der Waals surface area contributed by atoms with Crippen LogP contribution in [-0.4, -0.2) is 35.8 Å². The number of amides is 4. The molecule has 4 amide bonds. The minimum atomic E-state index is -4.34. The molecule has 3 N–H and O–H groups in total. The molecule has 0 fully saturated rings. The number of carbonyl (C=O) groups is 3. The van der Waals surface area contributed by atoms with E-state index in [0.29, 0.717) is 5.01 Å². The minimum Gasteiger partial charge on any atom is -0.307 e. The molecular formula is C15H11N3O6S. The van der Waals surface area contributed by atoms with Crippen LogP contribution in [0.2, 0.25) is 0 Å². The highest BCUT2D eigenvalue weighted by atomic mass is 32.2. The van der Waals surface area contributed by atoms with Crippen LogP contribution in [0.15, 0.2) is 53.4 Å². The summed E-state index contributed by atoms with van der Waals surface area (Å²) in [6.07, 6.45) is 0. The third-order valence-corrected chi connectivity index (χ3v) is 4.29. The van der Waals surface area contributed by atoms with Crippen LogP contribution in [-0.2, 0) is 10.1 Å². The van der Waals surface area contributed by atoms with E-state index in [1.165, 1.54) is 24.3 Å². The summed E-state index contributed by atoms with van der Waals surface area (Å²) in [5.41, 5.74) is 2.70. The number of urea groups is 1. The van der Waals surface area contributed by atoms with Crippen molar-refractivity contribution in [3.05, 3.63) is 59.7 Å². The number of imide groups is 1. The van der Waals surface area contributed by atoms with Gasteiger partial charge in [0.15, 0.2) is 0 Å². The van der Waals surface area contributed by atoms with Crippen molar-refractivity contribution in [2.75, 3.05) is 5.32 Å². The van der Waals surface area contributed by atoms with Crippen molar-refractivity contribution in [3.8, 4) is 0 Å². The van der Waals surface area contributed by atoms with Crippen molar-refractivity contribution >= 4 is 33.7 Å². The second-order valence-electron chi connectivity index (χ2n) is 5.06. The molecule has 1 aliphatic heterocycles. The number of rotatable bonds is 3. The first kappa shape index (κ1) is 16.6. The highest BCUT2D eigenvalue weighted by Crippen LogP contribution is 2.21. The van der Waals surface area contributed by atoms with Crippen LogP contribution >= 0.6 is 0 Å². The molecule has 9 nitrogen and oxygen atoms in total. The molecule has 0 saturated carbocycles. The molecule has 3 rings (SSSR count). The van der Waals surface area contributed by atoms with Gasteiger partial charge in [-0.3, -0.25) is 14.1 Å². The van der Waals surface area contributed by atoms with E-state index < -0.39 is 28.0 Å². The zero-order chi connectivity index (χ0) is 18.2. The molecule has 0 spiro atoms. The molecule has 1 heterocycles. The molecule has 0 aliphatic carbocycles. The van der Waals surface area contributed by atoms with Crippen LogP contribution in [0.25, 0.3) is 0 Å². The molecule has 0 saturated heterocycles. The van der Waals surface area contributed by atoms with E-state index in [1.54, 1.807) is 12.1 Å². The van der Waals surface area contributed by atoms with Gasteiger partial charge in [-0.05, 0) is 36.4 Å². The van der Waals surface area contributed by atoms with Gasteiger partial charge in [0.1, 0.15) is 0 Å². The Morgan fingerprint density at radius 2 is 1.44 bits per heavy atom. The Labute approximate surface area is 142 Å². The van der Waals surface area contributed by atoms with Gasteiger partial charge in [0.25, 0.3) is 21.9 Å². The van der Waals surface area contributed by atoms with Crippen molar-refractivity contribution in [2.24, 2.45) is 0 Å². The van der Waals surface area contributed by atoms with Gasteiger partial charge in [0.05, 0.1) is 16.0 Å². The van der Waals surface area contributed by atoms with E-state index in [2.05, 4.69) is 10.7 Å². The highest BCUT2D eigenvalue weighted by molar-refractivity contribution is 7.85. The fourth-order valence-electron chi connectivity index (χ4n) is 2.26. The number of nitrogens with one attached hydrogen (secondary N) is 2. The maximum absolute atomic E-state index is 12.1. The van der Waals surface area contributed by atoms with E-state index >= 15 is 0 Å². The zero-order valence-corrected chi connectivity index (χ0v) is 13.3. The van der Waals surface area contributed by atoms with E-state index in [0.717, 1.165) is 12.1 Å². The Balaban J connectivity index is 1.70. The molecule has 0 radical (unpaired) electrons. The zero-order valence-electron chi connectivity index (χ0n) is 12.5. The summed E-state index contributed by atoms with van der Waals surface area (Å²) in [5.74, 6) is -1.31. The predicted octanol–water partition coefficient (Wildman–Crippen LogP) is 1.27. The van der Waals surface area contributed by atoms with Gasteiger partial charge in [-0.15, -0.1) is 0 Å². The molecular weight excluding hydrogens is 350 g/mol. The molecule has 2 aromatic rings. The van der Waals surface area contributed by atoms with Gasteiger partial charge in [0.2, 0.25) is 0 Å². The van der Waals surface area contributed by atoms with E-state index in [4.69, 9.17) is 4.55 Å². The number of hydrogen-bond acceptors (Lipinski definition) is 5. The van der Waals surface area contributed by atoms with Crippen LogP contribution in [0.3, 0.4) is 0 Å². The monoisotopic (exact) mass is 361 g/mol. The Bertz CT molecular complexity index is 950. The second kappa shape index (κ2) is 6.00. The SMILES string of the molecule is O=C(Nc1ccc(S(=O)(=O)O)cc1)NN1C(=O)c2ccccc2C1=O. The van der Waals surface area contributed by atoms with Crippen LogP contribution in [0.4, 0.5) is 10.5 Å². The molecule has 10 heteroatoms. The molecule has 25 heavy (non-hydrogen) atoms. The standard InChI is InChI=1S/C15H11N3O6S/c19-13-11-3-1-2-4-12(11)14(20)18(13)17-15(21)16-9-5-7-10(8-6-9)25(22,23)24/h1-8H,(H2,16,17,21)(H,22,23,24). The fourth-order valence-corrected chi connectivity index (χ4v) is 2.74. The first-order chi connectivity index (χ1) is 11.8. The molecule has 0 atom stereocenters. The largest absolute Gasteiger partial charge is 0.338 e. The summed E-state index contributed by atoms with van der Waals surface area (Å²) >= 11 is 0. The van der Waals surface area contributed by atoms with Crippen molar-refractivity contribution in [3.63, 3.8) is 0 Å². The van der Waals surface area contributed by atoms with E-state index in [-0.39, 0.29) is 21.7 Å². The van der Waals surface area contributed by atoms with E-state index in [1.807, 2.05) is 0 Å². The number of carbonyl (C=O) groups excluding carboxylic acids is 3. The van der Waals surface area contributed by atoms with Crippen LogP contribution in [0.1, 0.15) is 20.7 Å². The molecule has 2 aromatic carbocycles. The first-order valence-electron chi connectivity index (χ1n) is 6.90. The maximum atomic E-state index is 12.1. The normalized spacial score (nSPS) is 13.6. The molecule has 128 valence electrons. The Morgan fingerprint density at radius 1 is 0.920 bits per heavy atom. The third kappa shape index (κ3) is 3.20. The average molecular weight is 361 g/mol. The smallest absolute Gasteiger partial charge is 0.307 e. The number of hydrogen-bond donors (Lipinski definition) is 3. The summed E-state index contributed by atoms with van der Waals surface area (Å²) in [6, 6.07) is 9.95. The molecule has 1 aliphatic rings. The van der Waals surface area contributed by atoms with E-state index in [9.17, 15) is 22.8 Å². The van der Waals surface area contributed by atoms with Crippen LogP contribution in [0.5, 0.6) is 0 Å². The van der Waals surface area contributed by atoms with Crippen LogP contribution < -0.4 is 10.7 Å². The molecule has 0 bridgehead atoms. The van der Waals surface area contributed by atoms with Crippen molar-refractivity contribution in [2.45, 2.75) is 4.90 Å². The van der Waals surface area contributed by atoms with Gasteiger partial charge >= 0.3 is 6.03 Å². The topological polar surface area (TPSA) is 133 Å². The number of anilines is 1. The summed E-state index contributed by atoms with van der Waals surface area (Å²) in [5, 5.41) is 2.93. The van der Waals surface area contributed by atoms with Gasteiger partial charge in [-0.1, -0.05) is 12.1 Å². The van der Waals surface area contributed by atoms with Crippen LogP contribution in [0, 0.1) is 0 Å². The lowest BCUT2D eigenvalue weighted by Crippen LogP contribution is -2.47. The molecule has 0 aromatic heterocycles. The van der Waals surface area contributed by atoms with Gasteiger partial charge in [-0.25, -0.2) is 10.2 Å². The van der Waals surface area contributed by atoms with Gasteiger partial charge in [0, 0.05) is 5.69 Å². The van der Waals surface area contributed by atoms with Crippen molar-refractivity contribution in [1.29, 1.82) is 0 Å². The lowest BCUT2D eigenvalue weighted by molar-refractivity contribution is 0.0592. The second-order valence-corrected chi connectivity index (χ2v) is 6.48. The fraction of sp³-hybridized carbons (Fsp3) is 0. The summed E-state index contributed by atoms with van der Waals surface area (Å²) in [6.45, 7) is 0. The number of benzene rings is 2. The van der Waals surface area contributed by atoms with Crippen molar-refractivity contribution < 1.29 is 27.4 Å². The maximum Gasteiger partial charge on any atom is 0.338 e. The van der Waals surface area contributed by atoms with Crippen molar-refractivity contribution in [1.82, 2.24) is 10.4 Å². The lowest BCUT2D eigenvalue weighted by Gasteiger charge is -2.15. The quantitative estimate of drug-likeness (QED) is 0.557. The number of fused-ring (bicyclic) bond motifs is 1. The Kier molecular flexibility index (Phi) is 3.99.